The molecule has 1 saturated heterocycles. The molecule has 0 saturated carbocycles. The van der Waals surface area contributed by atoms with Gasteiger partial charge in [0.2, 0.25) is 10.0 Å². The van der Waals surface area contributed by atoms with E-state index in [1.807, 2.05) is 27.8 Å². The fraction of sp³-hybridized carbons (Fsp3) is 0.562. The predicted molar refractivity (Wildman–Crippen MR) is 91.2 cm³/mol. The minimum Gasteiger partial charge on any atom is -0.623 e. The number of benzene rings is 1. The van der Waals surface area contributed by atoms with Gasteiger partial charge in [-0.1, -0.05) is 0 Å². The topological polar surface area (TPSA) is 66.7 Å². The first-order valence-electron chi connectivity index (χ1n) is 7.71. The van der Waals surface area contributed by atoms with Crippen molar-refractivity contribution < 1.29 is 13.2 Å². The summed E-state index contributed by atoms with van der Waals surface area (Å²) in [5, 5.41) is 11.9. The van der Waals surface area contributed by atoms with Crippen LogP contribution in [0.4, 0.5) is 0 Å². The van der Waals surface area contributed by atoms with Crippen LogP contribution >= 0.6 is 0 Å². The van der Waals surface area contributed by atoms with Crippen molar-refractivity contribution >= 4 is 16.2 Å². The first kappa shape index (κ1) is 17.9. The molecule has 0 amide bonds. The molecule has 1 aromatic rings. The lowest BCUT2D eigenvalue weighted by Crippen LogP contribution is -2.46. The number of likely N-dealkylation sites (N-methyl/N-ethyl adjacent to an activating group) is 1. The van der Waals surface area contributed by atoms with Crippen molar-refractivity contribution in [1.82, 2.24) is 9.21 Å². The zero-order valence-electron chi connectivity index (χ0n) is 14.2. The zero-order chi connectivity index (χ0) is 17.3. The first-order chi connectivity index (χ1) is 10.6. The largest absolute Gasteiger partial charge is 0.623 e. The van der Waals surface area contributed by atoms with Gasteiger partial charge in [-0.15, -0.1) is 0 Å². The highest BCUT2D eigenvalue weighted by Gasteiger charge is 2.27. The average molecular weight is 339 g/mol. The number of hydrogen-bond acceptors (Lipinski definition) is 4. The normalized spacial score (nSPS) is 19.0. The van der Waals surface area contributed by atoms with Crippen LogP contribution in [0.15, 0.2) is 29.2 Å². The molecule has 7 heteroatoms. The van der Waals surface area contributed by atoms with Gasteiger partial charge in [0, 0.05) is 52.5 Å². The van der Waals surface area contributed by atoms with E-state index in [2.05, 4.69) is 4.90 Å². The standard InChI is InChI=1S/C16H25N3O3S/c1-16(2,3)19(20)13-14-5-7-15(8-6-14)23(21,22)18-11-9-17(4)10-12-18/h5-8,13H,9-12H2,1-4H3. The second-order valence-corrected chi connectivity index (χ2v) is 8.84. The maximum absolute atomic E-state index is 12.6. The van der Waals surface area contributed by atoms with Crippen LogP contribution in [0.5, 0.6) is 0 Å². The lowest BCUT2D eigenvalue weighted by atomic mass is 10.1. The van der Waals surface area contributed by atoms with Crippen molar-refractivity contribution in [1.29, 1.82) is 0 Å². The van der Waals surface area contributed by atoms with Crippen molar-refractivity contribution in [3.8, 4) is 0 Å². The molecule has 0 bridgehead atoms. The van der Waals surface area contributed by atoms with E-state index < -0.39 is 15.6 Å². The van der Waals surface area contributed by atoms with Crippen LogP contribution < -0.4 is 0 Å². The fourth-order valence-corrected chi connectivity index (χ4v) is 3.65. The van der Waals surface area contributed by atoms with E-state index in [0.717, 1.165) is 17.8 Å². The van der Waals surface area contributed by atoms with E-state index in [1.165, 1.54) is 10.5 Å². The predicted octanol–water partition coefficient (Wildman–Crippen LogP) is 1.35. The number of hydroxylamine groups is 1. The van der Waals surface area contributed by atoms with Crippen molar-refractivity contribution in [2.45, 2.75) is 31.2 Å². The highest BCUT2D eigenvalue weighted by Crippen LogP contribution is 2.18. The number of hydrogen-bond donors (Lipinski definition) is 0. The quantitative estimate of drug-likeness (QED) is 0.361. The van der Waals surface area contributed by atoms with Crippen LogP contribution in [0.2, 0.25) is 0 Å². The molecule has 0 aliphatic carbocycles. The molecule has 1 aromatic carbocycles. The van der Waals surface area contributed by atoms with E-state index in [-0.39, 0.29) is 4.90 Å². The number of piperazine rings is 1. The third kappa shape index (κ3) is 4.31. The van der Waals surface area contributed by atoms with E-state index in [0.29, 0.717) is 18.7 Å². The van der Waals surface area contributed by atoms with Gasteiger partial charge in [0.05, 0.1) is 4.90 Å². The van der Waals surface area contributed by atoms with Crippen molar-refractivity contribution in [2.75, 3.05) is 33.2 Å². The smallest absolute Gasteiger partial charge is 0.243 e. The van der Waals surface area contributed by atoms with Crippen LogP contribution in [-0.2, 0) is 10.0 Å². The van der Waals surface area contributed by atoms with Gasteiger partial charge in [-0.2, -0.15) is 4.31 Å². The molecule has 0 N–H and O–H groups in total. The fourth-order valence-electron chi connectivity index (χ4n) is 2.23. The summed E-state index contributed by atoms with van der Waals surface area (Å²) in [7, 11) is -1.47. The molecular weight excluding hydrogens is 314 g/mol. The van der Waals surface area contributed by atoms with Crippen LogP contribution in [0, 0.1) is 5.21 Å². The summed E-state index contributed by atoms with van der Waals surface area (Å²) in [6, 6.07) is 6.46. The Balaban J connectivity index is 2.19. The van der Waals surface area contributed by atoms with Crippen molar-refractivity contribution in [3.63, 3.8) is 0 Å². The molecule has 1 heterocycles. The highest BCUT2D eigenvalue weighted by atomic mass is 32.2. The molecular formula is C16H25N3O3S. The molecule has 0 radical (unpaired) electrons. The SMILES string of the molecule is CN1CCN(S(=O)(=O)c2ccc(C=[N+]([O-])C(C)(C)C)cc2)CC1. The molecule has 0 aromatic heterocycles. The first-order valence-corrected chi connectivity index (χ1v) is 9.15. The molecule has 0 spiro atoms. The Morgan fingerprint density at radius 1 is 1.09 bits per heavy atom. The summed E-state index contributed by atoms with van der Waals surface area (Å²) in [5.41, 5.74) is 0.164. The molecule has 0 atom stereocenters. The maximum atomic E-state index is 12.6. The minimum atomic E-state index is -3.46. The molecule has 23 heavy (non-hydrogen) atoms. The highest BCUT2D eigenvalue weighted by molar-refractivity contribution is 7.89. The Kier molecular flexibility index (Phi) is 5.13. The average Bonchev–Trinajstić information content (AvgIpc) is 2.47. The Labute approximate surface area is 138 Å². The van der Waals surface area contributed by atoms with Crippen LogP contribution in [-0.4, -0.2) is 67.3 Å². The Morgan fingerprint density at radius 3 is 2.09 bits per heavy atom. The molecule has 1 fully saturated rings. The molecule has 2 rings (SSSR count). The third-order valence-electron chi connectivity index (χ3n) is 3.91. The second-order valence-electron chi connectivity index (χ2n) is 6.90. The zero-order valence-corrected chi connectivity index (χ0v) is 15.0. The van der Waals surface area contributed by atoms with Gasteiger partial charge < -0.3 is 10.1 Å². The molecule has 1 aliphatic heterocycles. The summed E-state index contributed by atoms with van der Waals surface area (Å²) in [6.07, 6.45) is 1.48. The summed E-state index contributed by atoms with van der Waals surface area (Å²) >= 11 is 0. The number of rotatable bonds is 3. The van der Waals surface area contributed by atoms with E-state index in [9.17, 15) is 13.6 Å². The lowest BCUT2D eigenvalue weighted by Gasteiger charge is -2.31. The molecule has 6 nitrogen and oxygen atoms in total. The van der Waals surface area contributed by atoms with Gasteiger partial charge in [-0.25, -0.2) is 13.2 Å². The van der Waals surface area contributed by atoms with Crippen LogP contribution in [0.3, 0.4) is 0 Å². The van der Waals surface area contributed by atoms with Gasteiger partial charge in [0.15, 0.2) is 11.8 Å². The summed E-state index contributed by atoms with van der Waals surface area (Å²) in [6.45, 7) is 7.95. The number of sulfonamides is 1. The van der Waals surface area contributed by atoms with E-state index in [1.54, 1.807) is 24.3 Å². The van der Waals surface area contributed by atoms with Crippen molar-refractivity contribution in [2.24, 2.45) is 0 Å². The monoisotopic (exact) mass is 339 g/mol. The van der Waals surface area contributed by atoms with Gasteiger partial charge in [0.25, 0.3) is 0 Å². The summed E-state index contributed by atoms with van der Waals surface area (Å²) in [5.74, 6) is 0. The van der Waals surface area contributed by atoms with Gasteiger partial charge in [0.1, 0.15) is 0 Å². The van der Waals surface area contributed by atoms with Gasteiger partial charge in [-0.05, 0) is 31.3 Å². The Morgan fingerprint density at radius 2 is 1.61 bits per heavy atom. The second kappa shape index (κ2) is 6.59. The van der Waals surface area contributed by atoms with E-state index in [4.69, 9.17) is 0 Å². The van der Waals surface area contributed by atoms with Gasteiger partial charge in [-0.3, -0.25) is 0 Å². The molecule has 1 aliphatic rings. The van der Waals surface area contributed by atoms with Crippen LogP contribution in [0.25, 0.3) is 0 Å². The Bertz CT molecular complexity index is 668. The van der Waals surface area contributed by atoms with Gasteiger partial charge >= 0.3 is 0 Å². The molecule has 128 valence electrons. The lowest BCUT2D eigenvalue weighted by molar-refractivity contribution is -0.530. The third-order valence-corrected chi connectivity index (χ3v) is 5.82. The van der Waals surface area contributed by atoms with E-state index >= 15 is 0 Å². The minimum absolute atomic E-state index is 0.271. The Hall–Kier alpha value is -1.44. The van der Waals surface area contributed by atoms with Crippen LogP contribution in [0.1, 0.15) is 26.3 Å². The molecule has 0 unspecified atom stereocenters. The summed E-state index contributed by atoms with van der Waals surface area (Å²) in [4.78, 5) is 2.38. The maximum Gasteiger partial charge on any atom is 0.243 e. The van der Waals surface area contributed by atoms with Crippen molar-refractivity contribution in [3.05, 3.63) is 35.0 Å². The number of nitrogens with zero attached hydrogens (tertiary/aromatic N) is 3. The summed E-state index contributed by atoms with van der Waals surface area (Å²) < 4.78 is 27.6.